The number of aromatic nitrogens is 1. The first-order valence-corrected chi connectivity index (χ1v) is 18.8. The highest BCUT2D eigenvalue weighted by Gasteiger charge is 2.46. The second kappa shape index (κ2) is 11.7. The summed E-state index contributed by atoms with van der Waals surface area (Å²) < 4.78 is 171. The summed E-state index contributed by atoms with van der Waals surface area (Å²) in [6.45, 7) is -1.68. The second-order valence-electron chi connectivity index (χ2n) is 12.6. The number of benzene rings is 8. The number of para-hydroxylation sites is 3. The van der Waals surface area contributed by atoms with Crippen molar-refractivity contribution in [3.05, 3.63) is 194 Å². The van der Waals surface area contributed by atoms with Gasteiger partial charge in [-0.3, -0.25) is 0 Å². The van der Waals surface area contributed by atoms with Gasteiger partial charge in [0.05, 0.1) is 34.3 Å². The van der Waals surface area contributed by atoms with Crippen LogP contribution in [0.1, 0.15) is 23.3 Å². The van der Waals surface area contributed by atoms with Gasteiger partial charge in [-0.25, -0.2) is 0 Å². The zero-order valence-electron chi connectivity index (χ0n) is 44.5. The fourth-order valence-electron chi connectivity index (χ4n) is 7.70. The molecule has 0 saturated carbocycles. The van der Waals surface area contributed by atoms with Crippen molar-refractivity contribution in [3.63, 3.8) is 0 Å². The number of hydrogen-bond acceptors (Lipinski definition) is 2. The molecule has 9 aromatic rings. The van der Waals surface area contributed by atoms with Gasteiger partial charge in [-0.1, -0.05) is 151 Å². The van der Waals surface area contributed by atoms with E-state index in [1.807, 2.05) is 91.0 Å². The Labute approximate surface area is 333 Å². The summed E-state index contributed by atoms with van der Waals surface area (Å²) >= 11 is 0. The molecule has 0 saturated heterocycles. The summed E-state index contributed by atoms with van der Waals surface area (Å²) in [5, 5.41) is 1.78. The third-order valence-corrected chi connectivity index (χ3v) is 14.5. The Morgan fingerprint density at radius 2 is 1.06 bits per heavy atom. The smallest absolute Gasteiger partial charge is 0.434 e. The van der Waals surface area contributed by atoms with Crippen LogP contribution in [-0.2, 0) is 0 Å². The lowest BCUT2D eigenvalue weighted by molar-refractivity contribution is 0.480. The molecule has 0 radical (unpaired) electrons. The minimum atomic E-state index is -3.87. The number of nitrogens with zero attached hydrogens (tertiary/aromatic N) is 1. The van der Waals surface area contributed by atoms with E-state index in [1.54, 1.807) is 0 Å². The molecule has 0 N–H and O–H groups in total. The van der Waals surface area contributed by atoms with Crippen LogP contribution >= 0.6 is 0 Å². The Balaban J connectivity index is 1.32. The van der Waals surface area contributed by atoms with E-state index >= 15 is 0 Å². The van der Waals surface area contributed by atoms with Crippen molar-refractivity contribution in [3.8, 4) is 34.1 Å². The predicted octanol–water partition coefficient (Wildman–Crippen LogP) is 7.43. The maximum absolute atomic E-state index is 10.5. The van der Waals surface area contributed by atoms with Crippen molar-refractivity contribution < 1.29 is 32.7 Å². The van der Waals surface area contributed by atoms with Gasteiger partial charge in [-0.2, -0.15) is 0 Å². The monoisotopic (exact) mass is 710 g/mol. The van der Waals surface area contributed by atoms with Gasteiger partial charge in [0.1, 0.15) is 17.2 Å². The molecule has 0 bridgehead atoms. The molecule has 5 heteroatoms. The molecule has 0 atom stereocenters. The van der Waals surface area contributed by atoms with Crippen LogP contribution in [0.25, 0.3) is 38.6 Å². The molecule has 1 aromatic heterocycles. The van der Waals surface area contributed by atoms with E-state index in [2.05, 4.69) is 0 Å². The first-order valence-electron chi connectivity index (χ1n) is 25.3. The van der Waals surface area contributed by atoms with Crippen molar-refractivity contribution in [2.45, 2.75) is 0 Å². The first-order chi connectivity index (χ1) is 33.4. The molecule has 0 amide bonds. The minimum absolute atomic E-state index is 0.0801. The lowest BCUT2D eigenvalue weighted by Gasteiger charge is -2.38. The molecule has 3 nitrogen and oxygen atoms in total. The highest BCUT2D eigenvalue weighted by atomic mass is 28.3. The van der Waals surface area contributed by atoms with Gasteiger partial charge in [-0.15, -0.1) is 0 Å². The van der Waals surface area contributed by atoms with Crippen LogP contribution < -0.4 is 41.1 Å². The van der Waals surface area contributed by atoms with Gasteiger partial charge in [0, 0.05) is 32.9 Å². The van der Waals surface area contributed by atoms with Crippen LogP contribution in [0.15, 0.2) is 194 Å². The second-order valence-corrected chi connectivity index (χ2v) is 16.4. The summed E-state index contributed by atoms with van der Waals surface area (Å²) in [6.07, 6.45) is 0. The standard InChI is InChI=1S/C48H32BNO2Si/c1-4-16-34(17-5-1)53(35-18-6-2-7-19-35,36-20-8-3-9-21-36)37-31-41-40-24-12-15-27-45(40)52-49-42-30-33(28-29-46(42)51-47(32-37)48(41)49)50-43-25-13-10-22-38(43)39-23-11-14-26-44(39)50/h1-32H/i10D,11D,12D,13D,14D,15D,22D,23D,24D,25D,26D,27D,28D,29D,30D,31D,32D. The van der Waals surface area contributed by atoms with Crippen molar-refractivity contribution in [1.29, 1.82) is 0 Å². The molecular weight excluding hydrogens is 661 g/mol. The van der Waals surface area contributed by atoms with E-state index in [0.717, 1.165) is 20.1 Å². The molecule has 0 fully saturated rings. The molecule has 3 heterocycles. The molecule has 248 valence electrons. The molecule has 11 rings (SSSR count). The van der Waals surface area contributed by atoms with Crippen molar-refractivity contribution in [2.24, 2.45) is 0 Å². The van der Waals surface area contributed by atoms with Gasteiger partial charge >= 0.3 is 6.92 Å². The zero-order chi connectivity index (χ0) is 49.7. The molecule has 0 unspecified atom stereocenters. The SMILES string of the molecule is [2H]c1c([2H])c([2H])c2c(c1[2H])OB1c3c([2H])c(-n4c5c([2H])c([2H])c([2H])c([2H])c5c5c([2H])c([2H])c([2H])c([2H])c54)c([2H])c([2H])c3Oc3c([2H])c([Si](c4ccccc4)(c4ccccc4)c4ccccc4)c([2H])c-2c31. The van der Waals surface area contributed by atoms with Gasteiger partial charge in [0.25, 0.3) is 0 Å². The van der Waals surface area contributed by atoms with Crippen molar-refractivity contribution in [2.75, 3.05) is 0 Å². The highest BCUT2D eigenvalue weighted by molar-refractivity contribution is 7.20. The molecular formula is C48H32BNO2Si. The average molecular weight is 711 g/mol. The first kappa shape index (κ1) is 17.8. The summed E-state index contributed by atoms with van der Waals surface area (Å²) in [5.41, 5.74) is -2.08. The fraction of sp³-hybridized carbons (Fsp3) is 0. The van der Waals surface area contributed by atoms with Crippen molar-refractivity contribution in [1.82, 2.24) is 4.57 Å². The maximum Gasteiger partial charge on any atom is 0.434 e. The third kappa shape index (κ3) is 4.41. The number of fused-ring (bicyclic) bond motifs is 7. The van der Waals surface area contributed by atoms with Crippen LogP contribution in [0.4, 0.5) is 0 Å². The predicted molar refractivity (Wildman–Crippen MR) is 222 cm³/mol. The van der Waals surface area contributed by atoms with Gasteiger partial charge < -0.3 is 14.0 Å². The van der Waals surface area contributed by atoms with Crippen LogP contribution in [0.3, 0.4) is 0 Å². The molecule has 2 aliphatic rings. The largest absolute Gasteiger partial charge is 0.551 e. The Hall–Kier alpha value is -6.56. The molecule has 0 aliphatic carbocycles. The summed E-state index contributed by atoms with van der Waals surface area (Å²) in [5.74, 6) is -1.12. The Morgan fingerprint density at radius 3 is 1.68 bits per heavy atom. The summed E-state index contributed by atoms with van der Waals surface area (Å²) in [4.78, 5) is 0. The quantitative estimate of drug-likeness (QED) is 0.137. The molecule has 53 heavy (non-hydrogen) atoms. The zero-order valence-corrected chi connectivity index (χ0v) is 28.5. The minimum Gasteiger partial charge on any atom is -0.551 e. The number of rotatable bonds is 5. The van der Waals surface area contributed by atoms with Gasteiger partial charge in [0.15, 0.2) is 8.07 Å². The van der Waals surface area contributed by atoms with Crippen LogP contribution in [-0.4, -0.2) is 19.6 Å². The topological polar surface area (TPSA) is 23.4 Å². The normalized spacial score (nSPS) is 17.3. The fourth-order valence-corrected chi connectivity index (χ4v) is 12.3. The van der Waals surface area contributed by atoms with E-state index in [-0.39, 0.29) is 55.8 Å². The van der Waals surface area contributed by atoms with Gasteiger partial charge in [-0.05, 0) is 68.6 Å². The molecule has 8 aromatic carbocycles. The maximum atomic E-state index is 10.5. The molecule has 0 spiro atoms. The Kier molecular flexibility index (Phi) is 3.94. The summed E-state index contributed by atoms with van der Waals surface area (Å²) in [6, 6.07) is 17.2. The number of ether oxygens (including phenoxy) is 1. The lowest BCUT2D eigenvalue weighted by atomic mass is 9.51. The van der Waals surface area contributed by atoms with Gasteiger partial charge in [0.2, 0.25) is 0 Å². The van der Waals surface area contributed by atoms with E-state index in [9.17, 15) is 9.60 Å². The van der Waals surface area contributed by atoms with E-state index in [0.29, 0.717) is 0 Å². The van der Waals surface area contributed by atoms with E-state index < -0.39 is 134 Å². The van der Waals surface area contributed by atoms with Crippen LogP contribution in [0.2, 0.25) is 0 Å². The third-order valence-electron chi connectivity index (χ3n) is 9.91. The summed E-state index contributed by atoms with van der Waals surface area (Å²) in [7, 11) is -3.87. The Bertz CT molecular complexity index is 3650. The average Bonchev–Trinajstić information content (AvgIpc) is 3.73. The van der Waals surface area contributed by atoms with E-state index in [1.165, 1.54) is 0 Å². The Morgan fingerprint density at radius 1 is 0.491 bits per heavy atom. The van der Waals surface area contributed by atoms with Crippen LogP contribution in [0, 0.1) is 0 Å². The van der Waals surface area contributed by atoms with Crippen LogP contribution in [0.5, 0.6) is 17.2 Å². The molecule has 2 aliphatic heterocycles. The van der Waals surface area contributed by atoms with Crippen molar-refractivity contribution >= 4 is 68.5 Å². The highest BCUT2D eigenvalue weighted by Crippen LogP contribution is 2.40. The lowest BCUT2D eigenvalue weighted by Crippen LogP contribution is -2.75. The van der Waals surface area contributed by atoms with E-state index in [4.69, 9.17) is 23.1 Å². The number of hydrogen-bond donors (Lipinski definition) is 0.